The lowest BCUT2D eigenvalue weighted by atomic mass is 9.76. The first-order valence-electron chi connectivity index (χ1n) is 13.6. The highest BCUT2D eigenvalue weighted by atomic mass is 32.2. The molecule has 1 amide bonds. The molecular formula is C30H21F10NO5S. The number of benzene rings is 3. The zero-order chi connectivity index (χ0) is 35.0. The molecule has 252 valence electrons. The SMILES string of the molecule is O=C(O)c1ccc(C(=O)N2CCC3(S(=O)(=O)c4ccc(C(F)(F)F)cc4)c4ccc(C(F)(C(F)(F)F)C(F)(F)F)cc4CCC23)cc1. The molecule has 5 rings (SSSR count). The van der Waals surface area contributed by atoms with Gasteiger partial charge in [0.25, 0.3) is 5.91 Å². The first kappa shape index (κ1) is 34.2. The van der Waals surface area contributed by atoms with Gasteiger partial charge in [-0.3, -0.25) is 4.79 Å². The van der Waals surface area contributed by atoms with Gasteiger partial charge in [0.15, 0.2) is 9.84 Å². The Kier molecular flexibility index (Phi) is 7.97. The van der Waals surface area contributed by atoms with Gasteiger partial charge in [-0.15, -0.1) is 0 Å². The molecule has 0 radical (unpaired) electrons. The lowest BCUT2D eigenvalue weighted by Gasteiger charge is -2.43. The van der Waals surface area contributed by atoms with Crippen LogP contribution in [0.3, 0.4) is 0 Å². The summed E-state index contributed by atoms with van der Waals surface area (Å²) in [6, 6.07) is 6.56. The number of fused-ring (bicyclic) bond motifs is 3. The van der Waals surface area contributed by atoms with E-state index in [4.69, 9.17) is 5.11 Å². The first-order valence-corrected chi connectivity index (χ1v) is 15.1. The van der Waals surface area contributed by atoms with Crippen LogP contribution in [0.2, 0.25) is 0 Å². The lowest BCUT2D eigenvalue weighted by Crippen LogP contribution is -2.53. The molecule has 2 unspecified atom stereocenters. The third-order valence-corrected chi connectivity index (χ3v) is 11.2. The molecular weight excluding hydrogens is 676 g/mol. The molecule has 3 aromatic rings. The Balaban J connectivity index is 1.69. The molecule has 0 bridgehead atoms. The van der Waals surface area contributed by atoms with Crippen LogP contribution in [0.5, 0.6) is 0 Å². The number of carboxylic acid groups (broad SMARTS) is 1. The van der Waals surface area contributed by atoms with Crippen LogP contribution in [0.15, 0.2) is 71.6 Å². The average Bonchev–Trinajstić information content (AvgIpc) is 3.40. The maximum absolute atomic E-state index is 15.0. The molecule has 2 atom stereocenters. The van der Waals surface area contributed by atoms with Crippen LogP contribution in [-0.4, -0.2) is 55.2 Å². The van der Waals surface area contributed by atoms with Crippen molar-refractivity contribution >= 4 is 21.7 Å². The van der Waals surface area contributed by atoms with Crippen LogP contribution in [0, 0.1) is 0 Å². The third kappa shape index (κ3) is 5.22. The van der Waals surface area contributed by atoms with Gasteiger partial charge in [0.1, 0.15) is 4.75 Å². The summed E-state index contributed by atoms with van der Waals surface area (Å²) in [7, 11) is -4.88. The number of likely N-dealkylation sites (tertiary alicyclic amines) is 1. The number of hydrogen-bond donors (Lipinski definition) is 1. The van der Waals surface area contributed by atoms with Crippen molar-refractivity contribution in [1.82, 2.24) is 4.90 Å². The van der Waals surface area contributed by atoms with Crippen LogP contribution >= 0.6 is 0 Å². The molecule has 1 fully saturated rings. The van der Waals surface area contributed by atoms with E-state index in [1.807, 2.05) is 0 Å². The lowest BCUT2D eigenvalue weighted by molar-refractivity contribution is -0.348. The minimum atomic E-state index is -6.45. The molecule has 1 aliphatic carbocycles. The first-order chi connectivity index (χ1) is 21.6. The van der Waals surface area contributed by atoms with Gasteiger partial charge in [-0.05, 0) is 78.9 Å². The Hall–Kier alpha value is -4.15. The van der Waals surface area contributed by atoms with Gasteiger partial charge in [0.05, 0.1) is 22.1 Å². The standard InChI is InChI=1S/C30H21F10NO5S/c31-27(29(35,36)37,30(38,39)40)20-8-11-22-18(15-20)5-12-23-26(22,47(45,46)21-9-6-19(7-10-21)28(32,33)34)13-14-41(23)24(42)16-1-3-17(4-2-16)25(43)44/h1-4,6-11,15,23H,5,12-14H2,(H,43,44). The van der Waals surface area contributed by atoms with Crippen molar-refractivity contribution in [2.24, 2.45) is 0 Å². The van der Waals surface area contributed by atoms with Gasteiger partial charge < -0.3 is 10.0 Å². The van der Waals surface area contributed by atoms with Crippen molar-refractivity contribution in [3.63, 3.8) is 0 Å². The molecule has 1 saturated heterocycles. The smallest absolute Gasteiger partial charge is 0.435 e. The summed E-state index contributed by atoms with van der Waals surface area (Å²) >= 11 is 0. The van der Waals surface area contributed by atoms with E-state index >= 15 is 0 Å². The maximum Gasteiger partial charge on any atom is 0.435 e. The van der Waals surface area contributed by atoms with Crippen LogP contribution in [0.1, 0.15) is 55.8 Å². The number of carboxylic acids is 1. The number of aromatic carboxylic acids is 1. The van der Waals surface area contributed by atoms with Gasteiger partial charge in [0.2, 0.25) is 0 Å². The molecule has 0 aromatic heterocycles. The van der Waals surface area contributed by atoms with Crippen LogP contribution in [0.25, 0.3) is 0 Å². The zero-order valence-corrected chi connectivity index (χ0v) is 24.3. The van der Waals surface area contributed by atoms with E-state index < -0.39 is 85.6 Å². The van der Waals surface area contributed by atoms with E-state index in [0.717, 1.165) is 29.2 Å². The number of rotatable bonds is 5. The summed E-state index contributed by atoms with van der Waals surface area (Å²) in [5.41, 5.74) is -9.83. The van der Waals surface area contributed by atoms with Gasteiger partial charge in [-0.25, -0.2) is 17.6 Å². The minimum absolute atomic E-state index is 0.0727. The summed E-state index contributed by atoms with van der Waals surface area (Å²) < 4.78 is 163. The van der Waals surface area contributed by atoms with Gasteiger partial charge in [-0.2, -0.15) is 39.5 Å². The number of hydrogen-bond acceptors (Lipinski definition) is 4. The number of amides is 1. The van der Waals surface area contributed by atoms with Crippen molar-refractivity contribution in [3.8, 4) is 0 Å². The van der Waals surface area contributed by atoms with Crippen LogP contribution in [-0.2, 0) is 32.9 Å². The second-order valence-corrected chi connectivity index (χ2v) is 13.3. The van der Waals surface area contributed by atoms with E-state index in [-0.39, 0.29) is 47.4 Å². The van der Waals surface area contributed by atoms with Gasteiger partial charge in [0, 0.05) is 17.7 Å². The highest BCUT2D eigenvalue weighted by molar-refractivity contribution is 7.92. The number of sulfone groups is 1. The number of carbonyl (C=O) groups is 2. The Labute approximate surface area is 259 Å². The molecule has 1 aliphatic heterocycles. The van der Waals surface area contributed by atoms with E-state index in [9.17, 15) is 61.9 Å². The van der Waals surface area contributed by atoms with Crippen LogP contribution < -0.4 is 0 Å². The van der Waals surface area contributed by atoms with E-state index in [0.29, 0.717) is 30.3 Å². The fourth-order valence-corrected chi connectivity index (χ4v) is 8.79. The second-order valence-electron chi connectivity index (χ2n) is 11.1. The molecule has 0 spiro atoms. The van der Waals surface area contributed by atoms with Crippen molar-refractivity contribution in [2.75, 3.05) is 6.54 Å². The fourth-order valence-electron chi connectivity index (χ4n) is 6.43. The van der Waals surface area contributed by atoms with Gasteiger partial charge >= 0.3 is 30.2 Å². The number of halogens is 10. The summed E-state index contributed by atoms with van der Waals surface area (Å²) in [5.74, 6) is -2.09. The number of nitrogens with zero attached hydrogens (tertiary/aromatic N) is 1. The molecule has 3 aromatic carbocycles. The normalized spacial score (nSPS) is 20.5. The summed E-state index contributed by atoms with van der Waals surface area (Å²) in [6.07, 6.45) is -19.0. The van der Waals surface area contributed by atoms with Crippen molar-refractivity contribution < 1.29 is 67.0 Å². The monoisotopic (exact) mass is 697 g/mol. The molecule has 2 aliphatic rings. The predicted octanol–water partition coefficient (Wildman–Crippen LogP) is 7.22. The van der Waals surface area contributed by atoms with E-state index in [1.54, 1.807) is 0 Å². The molecule has 0 saturated carbocycles. The fraction of sp³-hybridized carbons (Fsp3) is 0.333. The quantitative estimate of drug-likeness (QED) is 0.285. The topological polar surface area (TPSA) is 91.8 Å². The highest BCUT2D eigenvalue weighted by Crippen LogP contribution is 2.57. The second kappa shape index (κ2) is 11.0. The Morgan fingerprint density at radius 3 is 1.81 bits per heavy atom. The Morgan fingerprint density at radius 1 is 0.766 bits per heavy atom. The van der Waals surface area contributed by atoms with E-state index in [1.165, 1.54) is 0 Å². The van der Waals surface area contributed by atoms with Gasteiger partial charge in [-0.1, -0.05) is 18.2 Å². The largest absolute Gasteiger partial charge is 0.478 e. The van der Waals surface area contributed by atoms with Crippen molar-refractivity contribution in [1.29, 1.82) is 0 Å². The highest BCUT2D eigenvalue weighted by Gasteiger charge is 2.74. The molecule has 6 nitrogen and oxygen atoms in total. The summed E-state index contributed by atoms with van der Waals surface area (Å²) in [5, 5.41) is 9.15. The Bertz CT molecular complexity index is 1820. The number of aryl methyl sites for hydroxylation is 1. The summed E-state index contributed by atoms with van der Waals surface area (Å²) in [4.78, 5) is 25.3. The molecule has 1 heterocycles. The maximum atomic E-state index is 15.0. The zero-order valence-electron chi connectivity index (χ0n) is 23.5. The van der Waals surface area contributed by atoms with Crippen molar-refractivity contribution in [2.45, 2.75) is 59.1 Å². The summed E-state index contributed by atoms with van der Waals surface area (Å²) in [6.45, 7) is -0.330. The molecule has 47 heavy (non-hydrogen) atoms. The average molecular weight is 698 g/mol. The Morgan fingerprint density at radius 2 is 1.30 bits per heavy atom. The number of alkyl halides is 10. The van der Waals surface area contributed by atoms with Crippen molar-refractivity contribution in [3.05, 3.63) is 100 Å². The minimum Gasteiger partial charge on any atom is -0.478 e. The molecule has 1 N–H and O–H groups in total. The molecule has 17 heteroatoms. The van der Waals surface area contributed by atoms with E-state index in [2.05, 4.69) is 0 Å². The predicted molar refractivity (Wildman–Crippen MR) is 143 cm³/mol. The van der Waals surface area contributed by atoms with Crippen LogP contribution in [0.4, 0.5) is 43.9 Å². The number of carbonyl (C=O) groups excluding carboxylic acids is 1. The third-order valence-electron chi connectivity index (χ3n) is 8.68.